The summed E-state index contributed by atoms with van der Waals surface area (Å²) in [7, 11) is 0. The van der Waals surface area contributed by atoms with Crippen LogP contribution in [0.15, 0.2) is 34.9 Å². The average Bonchev–Trinajstić information content (AvgIpc) is 3.16. The highest BCUT2D eigenvalue weighted by atomic mass is 79.9. The molecule has 2 atom stereocenters. The Kier molecular flexibility index (Phi) is 4.57. The lowest BCUT2D eigenvalue weighted by molar-refractivity contribution is -0.121. The van der Waals surface area contributed by atoms with Crippen molar-refractivity contribution in [1.29, 1.82) is 0 Å². The number of nitrogens with one attached hydrogen (secondary N) is 1. The zero-order valence-corrected chi connectivity index (χ0v) is 14.1. The second-order valence-corrected chi connectivity index (χ2v) is 6.57. The number of carbonyl (C=O) groups excluding carboxylic acids is 1. The summed E-state index contributed by atoms with van der Waals surface area (Å²) in [6, 6.07) is 8.70. The predicted molar refractivity (Wildman–Crippen MR) is 88.3 cm³/mol. The zero-order valence-electron chi connectivity index (χ0n) is 12.5. The van der Waals surface area contributed by atoms with E-state index < -0.39 is 0 Å². The van der Waals surface area contributed by atoms with Gasteiger partial charge in [0.1, 0.15) is 0 Å². The number of benzene rings is 1. The summed E-state index contributed by atoms with van der Waals surface area (Å²) in [5.74, 6) is 0.123. The van der Waals surface area contributed by atoms with Crippen molar-refractivity contribution in [1.82, 2.24) is 20.3 Å². The first kappa shape index (κ1) is 15.2. The summed E-state index contributed by atoms with van der Waals surface area (Å²) in [4.78, 5) is 11.5. The number of rotatable bonds is 4. The molecule has 1 aliphatic carbocycles. The van der Waals surface area contributed by atoms with Crippen LogP contribution in [0.25, 0.3) is 11.3 Å². The van der Waals surface area contributed by atoms with Gasteiger partial charge in [-0.15, -0.1) is 5.10 Å². The first-order valence-electron chi connectivity index (χ1n) is 7.63. The van der Waals surface area contributed by atoms with E-state index in [1.54, 1.807) is 6.20 Å². The minimum atomic E-state index is 0.123. The van der Waals surface area contributed by atoms with Crippen molar-refractivity contribution in [3.05, 3.63) is 34.9 Å². The van der Waals surface area contributed by atoms with Crippen LogP contribution < -0.4 is 5.32 Å². The normalized spacial score (nSPS) is 21.0. The largest absolute Gasteiger partial charge is 0.353 e. The first-order chi connectivity index (χ1) is 10.7. The van der Waals surface area contributed by atoms with Crippen molar-refractivity contribution >= 4 is 21.8 Å². The van der Waals surface area contributed by atoms with Crippen LogP contribution in [-0.4, -0.2) is 26.9 Å². The Bertz CT molecular complexity index is 652. The maximum Gasteiger partial charge on any atom is 0.219 e. The van der Waals surface area contributed by atoms with Crippen molar-refractivity contribution in [3.63, 3.8) is 0 Å². The summed E-state index contributed by atoms with van der Waals surface area (Å²) >= 11 is 3.45. The van der Waals surface area contributed by atoms with Crippen molar-refractivity contribution in [2.24, 2.45) is 0 Å². The summed E-state index contributed by atoms with van der Waals surface area (Å²) in [6.07, 6.45) is 5.27. The third kappa shape index (κ3) is 3.21. The lowest BCUT2D eigenvalue weighted by atomic mass is 10.1. The van der Waals surface area contributed by atoms with Gasteiger partial charge in [-0.2, -0.15) is 0 Å². The molecule has 1 aromatic heterocycles. The predicted octanol–water partition coefficient (Wildman–Crippen LogP) is 3.33. The molecule has 1 fully saturated rings. The van der Waals surface area contributed by atoms with Crippen molar-refractivity contribution in [3.8, 4) is 11.3 Å². The molecule has 1 amide bonds. The zero-order chi connectivity index (χ0) is 15.5. The average molecular weight is 363 g/mol. The summed E-state index contributed by atoms with van der Waals surface area (Å²) < 4.78 is 3.06. The molecule has 5 nitrogen and oxygen atoms in total. The number of hydrogen-bond acceptors (Lipinski definition) is 3. The van der Waals surface area contributed by atoms with Gasteiger partial charge in [0.2, 0.25) is 5.91 Å². The Morgan fingerprint density at radius 1 is 1.36 bits per heavy atom. The van der Waals surface area contributed by atoms with E-state index in [1.165, 1.54) is 0 Å². The third-order valence-electron chi connectivity index (χ3n) is 4.15. The standard InChI is InChI=1S/C16H19BrN4O/c1-2-16(22)19-13-7-8-14(9-13)21-15(10-18-20-21)11-3-5-12(17)6-4-11/h3-6,10,13-14H,2,7-9H2,1H3,(H,19,22)/t13-,14+/m0/s1. The van der Waals surface area contributed by atoms with Gasteiger partial charge >= 0.3 is 0 Å². The molecule has 0 radical (unpaired) electrons. The fourth-order valence-corrected chi connectivity index (χ4v) is 3.25. The van der Waals surface area contributed by atoms with Gasteiger partial charge in [0.05, 0.1) is 17.9 Å². The molecule has 22 heavy (non-hydrogen) atoms. The van der Waals surface area contributed by atoms with E-state index in [0.717, 1.165) is 35.0 Å². The molecule has 0 unspecified atom stereocenters. The molecule has 1 aromatic carbocycles. The van der Waals surface area contributed by atoms with Gasteiger partial charge in [0.25, 0.3) is 0 Å². The molecule has 2 aromatic rings. The summed E-state index contributed by atoms with van der Waals surface area (Å²) in [5, 5.41) is 11.4. The number of aromatic nitrogens is 3. The van der Waals surface area contributed by atoms with Gasteiger partial charge in [-0.3, -0.25) is 4.79 Å². The fraction of sp³-hybridized carbons (Fsp3) is 0.438. The molecule has 3 rings (SSSR count). The fourth-order valence-electron chi connectivity index (χ4n) is 2.98. The number of nitrogens with zero attached hydrogens (tertiary/aromatic N) is 3. The van der Waals surface area contributed by atoms with E-state index in [9.17, 15) is 4.79 Å². The Morgan fingerprint density at radius 2 is 2.14 bits per heavy atom. The van der Waals surface area contributed by atoms with E-state index in [-0.39, 0.29) is 11.9 Å². The van der Waals surface area contributed by atoms with E-state index in [4.69, 9.17) is 0 Å². The van der Waals surface area contributed by atoms with E-state index in [0.29, 0.717) is 12.5 Å². The molecule has 6 heteroatoms. The third-order valence-corrected chi connectivity index (χ3v) is 4.68. The molecule has 1 N–H and O–H groups in total. The molecule has 0 spiro atoms. The van der Waals surface area contributed by atoms with Crippen LogP contribution in [0, 0.1) is 0 Å². The van der Waals surface area contributed by atoms with E-state index in [1.807, 2.05) is 23.7 Å². The Morgan fingerprint density at radius 3 is 2.86 bits per heavy atom. The molecular formula is C16H19BrN4O. The van der Waals surface area contributed by atoms with Gasteiger partial charge in [0.15, 0.2) is 0 Å². The molecule has 0 saturated heterocycles. The van der Waals surface area contributed by atoms with Gasteiger partial charge in [-0.05, 0) is 31.4 Å². The van der Waals surface area contributed by atoms with Gasteiger partial charge in [-0.1, -0.05) is 40.2 Å². The summed E-state index contributed by atoms with van der Waals surface area (Å²) in [5.41, 5.74) is 2.13. The molecular weight excluding hydrogens is 344 g/mol. The highest BCUT2D eigenvalue weighted by Gasteiger charge is 2.29. The number of carbonyl (C=O) groups is 1. The lowest BCUT2D eigenvalue weighted by Crippen LogP contribution is -2.32. The number of hydrogen-bond donors (Lipinski definition) is 1. The molecule has 116 valence electrons. The lowest BCUT2D eigenvalue weighted by Gasteiger charge is -2.15. The molecule has 1 saturated carbocycles. The quantitative estimate of drug-likeness (QED) is 0.907. The highest BCUT2D eigenvalue weighted by molar-refractivity contribution is 9.10. The first-order valence-corrected chi connectivity index (χ1v) is 8.42. The second-order valence-electron chi connectivity index (χ2n) is 5.66. The van der Waals surface area contributed by atoms with Gasteiger partial charge in [0, 0.05) is 22.5 Å². The maximum atomic E-state index is 11.5. The van der Waals surface area contributed by atoms with Crippen LogP contribution in [0.2, 0.25) is 0 Å². The molecule has 0 bridgehead atoms. The van der Waals surface area contributed by atoms with Crippen LogP contribution in [0.3, 0.4) is 0 Å². The van der Waals surface area contributed by atoms with Crippen molar-refractivity contribution < 1.29 is 4.79 Å². The highest BCUT2D eigenvalue weighted by Crippen LogP contribution is 2.33. The number of halogens is 1. The Balaban J connectivity index is 1.75. The Hall–Kier alpha value is -1.69. The Labute approximate surface area is 138 Å². The van der Waals surface area contributed by atoms with Crippen LogP contribution in [0.4, 0.5) is 0 Å². The minimum Gasteiger partial charge on any atom is -0.353 e. The van der Waals surface area contributed by atoms with E-state index >= 15 is 0 Å². The molecule has 1 aliphatic rings. The topological polar surface area (TPSA) is 59.8 Å². The van der Waals surface area contributed by atoms with Gasteiger partial charge < -0.3 is 5.32 Å². The maximum absolute atomic E-state index is 11.5. The monoisotopic (exact) mass is 362 g/mol. The van der Waals surface area contributed by atoms with Crippen LogP contribution in [0.1, 0.15) is 38.6 Å². The van der Waals surface area contributed by atoms with Crippen molar-refractivity contribution in [2.75, 3.05) is 0 Å². The number of amides is 1. The van der Waals surface area contributed by atoms with Gasteiger partial charge in [-0.25, -0.2) is 4.68 Å². The van der Waals surface area contributed by atoms with Crippen LogP contribution in [0.5, 0.6) is 0 Å². The summed E-state index contributed by atoms with van der Waals surface area (Å²) in [6.45, 7) is 1.88. The SMILES string of the molecule is CCC(=O)N[C@H]1CC[C@@H](n2nncc2-c2ccc(Br)cc2)C1. The van der Waals surface area contributed by atoms with Crippen LogP contribution in [-0.2, 0) is 4.79 Å². The van der Waals surface area contributed by atoms with E-state index in [2.05, 4.69) is 43.7 Å². The van der Waals surface area contributed by atoms with Crippen LogP contribution >= 0.6 is 15.9 Å². The molecule has 0 aliphatic heterocycles. The van der Waals surface area contributed by atoms with Crippen molar-refractivity contribution in [2.45, 2.75) is 44.7 Å². The minimum absolute atomic E-state index is 0.123. The second kappa shape index (κ2) is 6.60. The smallest absolute Gasteiger partial charge is 0.219 e. The molecule has 1 heterocycles.